The Bertz CT molecular complexity index is 650. The van der Waals surface area contributed by atoms with E-state index in [1.165, 1.54) is 0 Å². The fourth-order valence-corrected chi connectivity index (χ4v) is 3.85. The summed E-state index contributed by atoms with van der Waals surface area (Å²) >= 11 is 0. The number of hydrogen-bond acceptors (Lipinski definition) is 3. The van der Waals surface area contributed by atoms with E-state index in [9.17, 15) is 9.59 Å². The van der Waals surface area contributed by atoms with E-state index in [0.29, 0.717) is 24.9 Å². The van der Waals surface area contributed by atoms with E-state index in [2.05, 4.69) is 4.90 Å². The molecule has 1 atom stereocenters. The van der Waals surface area contributed by atoms with Gasteiger partial charge < -0.3 is 14.5 Å². The van der Waals surface area contributed by atoms with Gasteiger partial charge in [0.15, 0.2) is 0 Å². The predicted molar refractivity (Wildman–Crippen MR) is 94.1 cm³/mol. The van der Waals surface area contributed by atoms with E-state index < -0.39 is 0 Å². The molecule has 2 amide bonds. The fraction of sp³-hybridized carbons (Fsp3) is 0.600. The van der Waals surface area contributed by atoms with Crippen molar-refractivity contribution < 1.29 is 14.3 Å². The number of ether oxygens (including phenoxy) is 1. The second-order valence-corrected chi connectivity index (χ2v) is 7.54. The summed E-state index contributed by atoms with van der Waals surface area (Å²) in [5.74, 6) is 0.816. The molecule has 1 aromatic rings. The average Bonchev–Trinajstić information content (AvgIpc) is 3.19. The Morgan fingerprint density at radius 2 is 2.16 bits per heavy atom. The van der Waals surface area contributed by atoms with Crippen molar-refractivity contribution in [1.82, 2.24) is 9.80 Å². The maximum absolute atomic E-state index is 13.1. The van der Waals surface area contributed by atoms with Crippen LogP contribution in [0.2, 0.25) is 0 Å². The molecule has 0 radical (unpaired) electrons. The summed E-state index contributed by atoms with van der Waals surface area (Å²) in [5.41, 5.74) is 1.79. The Morgan fingerprint density at radius 1 is 1.28 bits per heavy atom. The number of carbonyl (C=O) groups is 2. The minimum Gasteiger partial charge on any atom is -0.381 e. The highest BCUT2D eigenvalue weighted by Gasteiger charge is 2.35. The predicted octanol–water partition coefficient (Wildman–Crippen LogP) is 2.45. The molecule has 2 aliphatic heterocycles. The zero-order chi connectivity index (χ0) is 17.2. The second-order valence-electron chi connectivity index (χ2n) is 7.54. The molecule has 1 saturated carbocycles. The molecule has 0 spiro atoms. The standard InChI is InChI=1S/C20H26N2O3/c23-19-5-2-9-21(19)12-15-3-1-4-17(11-15)20(24)22(18-6-7-18)13-16-8-10-25-14-16/h1,3-4,11,16,18H,2,5-10,12-14H2/t16-/m0/s1. The third-order valence-electron chi connectivity index (χ3n) is 5.45. The maximum Gasteiger partial charge on any atom is 0.254 e. The van der Waals surface area contributed by atoms with Crippen molar-refractivity contribution in [1.29, 1.82) is 0 Å². The van der Waals surface area contributed by atoms with Gasteiger partial charge in [-0.05, 0) is 43.4 Å². The molecule has 5 heteroatoms. The molecule has 2 heterocycles. The monoisotopic (exact) mass is 342 g/mol. The number of hydrogen-bond donors (Lipinski definition) is 0. The molecular weight excluding hydrogens is 316 g/mol. The normalized spacial score (nSPS) is 23.3. The van der Waals surface area contributed by atoms with Gasteiger partial charge in [-0.1, -0.05) is 12.1 Å². The lowest BCUT2D eigenvalue weighted by Crippen LogP contribution is -2.37. The van der Waals surface area contributed by atoms with Gasteiger partial charge in [0.05, 0.1) is 6.61 Å². The maximum atomic E-state index is 13.1. The van der Waals surface area contributed by atoms with Gasteiger partial charge >= 0.3 is 0 Å². The van der Waals surface area contributed by atoms with Crippen LogP contribution >= 0.6 is 0 Å². The lowest BCUT2D eigenvalue weighted by atomic mass is 10.1. The van der Waals surface area contributed by atoms with Gasteiger partial charge in [-0.2, -0.15) is 0 Å². The summed E-state index contributed by atoms with van der Waals surface area (Å²) in [6.45, 7) is 3.83. The molecule has 134 valence electrons. The molecule has 1 aromatic carbocycles. The Balaban J connectivity index is 1.46. The first-order valence-electron chi connectivity index (χ1n) is 9.46. The third-order valence-corrected chi connectivity index (χ3v) is 5.45. The number of rotatable bonds is 6. The van der Waals surface area contributed by atoms with E-state index in [4.69, 9.17) is 4.74 Å². The van der Waals surface area contributed by atoms with Crippen LogP contribution < -0.4 is 0 Å². The summed E-state index contributed by atoms with van der Waals surface area (Å²) in [6.07, 6.45) is 4.87. The van der Waals surface area contributed by atoms with Crippen LogP contribution in [0, 0.1) is 5.92 Å². The third kappa shape index (κ3) is 3.87. The van der Waals surface area contributed by atoms with E-state index in [0.717, 1.165) is 63.1 Å². The zero-order valence-corrected chi connectivity index (χ0v) is 14.7. The number of likely N-dealkylation sites (tertiary alicyclic amines) is 1. The first-order chi connectivity index (χ1) is 12.2. The average molecular weight is 342 g/mol. The lowest BCUT2D eigenvalue weighted by Gasteiger charge is -2.25. The van der Waals surface area contributed by atoms with Crippen LogP contribution in [0.15, 0.2) is 24.3 Å². The molecule has 25 heavy (non-hydrogen) atoms. The molecule has 0 N–H and O–H groups in total. The summed E-state index contributed by atoms with van der Waals surface area (Å²) in [7, 11) is 0. The molecule has 0 bridgehead atoms. The number of benzene rings is 1. The van der Waals surface area contributed by atoms with Crippen molar-refractivity contribution in [3.63, 3.8) is 0 Å². The highest BCUT2D eigenvalue weighted by Crippen LogP contribution is 2.30. The van der Waals surface area contributed by atoms with Gasteiger partial charge in [-0.15, -0.1) is 0 Å². The molecule has 3 fully saturated rings. The van der Waals surface area contributed by atoms with Crippen LogP contribution in [-0.4, -0.2) is 54.0 Å². The van der Waals surface area contributed by atoms with Gasteiger partial charge in [0, 0.05) is 50.2 Å². The van der Waals surface area contributed by atoms with Crippen LogP contribution in [0.25, 0.3) is 0 Å². The number of amides is 2. The summed E-state index contributed by atoms with van der Waals surface area (Å²) in [5, 5.41) is 0. The SMILES string of the molecule is O=C1CCCN1Cc1cccc(C(=O)N(C[C@@H]2CCOC2)C2CC2)c1. The first kappa shape index (κ1) is 16.6. The largest absolute Gasteiger partial charge is 0.381 e. The minimum absolute atomic E-state index is 0.129. The van der Waals surface area contributed by atoms with Crippen LogP contribution in [0.4, 0.5) is 0 Å². The molecule has 0 aromatic heterocycles. The lowest BCUT2D eigenvalue weighted by molar-refractivity contribution is -0.128. The molecule has 5 nitrogen and oxygen atoms in total. The van der Waals surface area contributed by atoms with Crippen LogP contribution in [0.5, 0.6) is 0 Å². The first-order valence-corrected chi connectivity index (χ1v) is 9.46. The Hall–Kier alpha value is -1.88. The van der Waals surface area contributed by atoms with Gasteiger partial charge in [-0.3, -0.25) is 9.59 Å². The van der Waals surface area contributed by atoms with Gasteiger partial charge in [0.1, 0.15) is 0 Å². The Kier molecular flexibility index (Phi) is 4.75. The summed E-state index contributed by atoms with van der Waals surface area (Å²) in [6, 6.07) is 8.21. The van der Waals surface area contributed by atoms with Crippen molar-refractivity contribution in [3.05, 3.63) is 35.4 Å². The van der Waals surface area contributed by atoms with Crippen molar-refractivity contribution in [2.75, 3.05) is 26.3 Å². The molecule has 3 aliphatic rings. The van der Waals surface area contributed by atoms with Crippen LogP contribution in [0.1, 0.15) is 48.0 Å². The van der Waals surface area contributed by atoms with Crippen LogP contribution in [0.3, 0.4) is 0 Å². The number of nitrogens with zero attached hydrogens (tertiary/aromatic N) is 2. The molecule has 4 rings (SSSR count). The molecular formula is C20H26N2O3. The molecule has 2 saturated heterocycles. The molecule has 1 aliphatic carbocycles. The summed E-state index contributed by atoms with van der Waals surface area (Å²) in [4.78, 5) is 28.8. The Labute approximate surface area is 148 Å². The van der Waals surface area contributed by atoms with Crippen LogP contribution in [-0.2, 0) is 16.1 Å². The topological polar surface area (TPSA) is 49.9 Å². The highest BCUT2D eigenvalue weighted by molar-refractivity contribution is 5.94. The van der Waals surface area contributed by atoms with Crippen molar-refractivity contribution in [2.45, 2.75) is 44.7 Å². The van der Waals surface area contributed by atoms with Gasteiger partial charge in [0.2, 0.25) is 5.91 Å². The van der Waals surface area contributed by atoms with E-state index >= 15 is 0 Å². The van der Waals surface area contributed by atoms with E-state index in [-0.39, 0.29) is 11.8 Å². The van der Waals surface area contributed by atoms with E-state index in [1.807, 2.05) is 29.2 Å². The van der Waals surface area contributed by atoms with Crippen molar-refractivity contribution in [3.8, 4) is 0 Å². The van der Waals surface area contributed by atoms with E-state index in [1.54, 1.807) is 0 Å². The Morgan fingerprint density at radius 3 is 2.84 bits per heavy atom. The smallest absolute Gasteiger partial charge is 0.254 e. The van der Waals surface area contributed by atoms with Gasteiger partial charge in [0.25, 0.3) is 5.91 Å². The highest BCUT2D eigenvalue weighted by atomic mass is 16.5. The quantitative estimate of drug-likeness (QED) is 0.798. The van der Waals surface area contributed by atoms with Crippen molar-refractivity contribution in [2.24, 2.45) is 5.92 Å². The van der Waals surface area contributed by atoms with Gasteiger partial charge in [-0.25, -0.2) is 0 Å². The second kappa shape index (κ2) is 7.16. The van der Waals surface area contributed by atoms with Crippen molar-refractivity contribution >= 4 is 11.8 Å². The minimum atomic E-state index is 0.129. The molecule has 0 unspecified atom stereocenters. The fourth-order valence-electron chi connectivity index (χ4n) is 3.85. The summed E-state index contributed by atoms with van der Waals surface area (Å²) < 4.78 is 5.47. The number of carbonyl (C=O) groups excluding carboxylic acids is 2. The zero-order valence-electron chi connectivity index (χ0n) is 14.7.